The molecule has 2 N–H and O–H groups in total. The number of phenols is 1. The molecule has 6 heteroatoms. The van der Waals surface area contributed by atoms with E-state index in [1.807, 2.05) is 6.07 Å². The highest BCUT2D eigenvalue weighted by Gasteiger charge is 2.12. The van der Waals surface area contributed by atoms with Gasteiger partial charge >= 0.3 is 0 Å². The van der Waals surface area contributed by atoms with Crippen molar-refractivity contribution in [1.82, 2.24) is 0 Å². The van der Waals surface area contributed by atoms with Gasteiger partial charge in [0.1, 0.15) is 5.75 Å². The number of hydrogen-bond acceptors (Lipinski definition) is 4. The highest BCUT2D eigenvalue weighted by atomic mass is 32.2. The highest BCUT2D eigenvalue weighted by molar-refractivity contribution is 7.91. The van der Waals surface area contributed by atoms with E-state index >= 15 is 0 Å². The summed E-state index contributed by atoms with van der Waals surface area (Å²) in [6.07, 6.45) is 0. The molecule has 0 spiro atoms. The van der Waals surface area contributed by atoms with Crippen molar-refractivity contribution >= 4 is 15.7 Å². The summed E-state index contributed by atoms with van der Waals surface area (Å²) in [5, 5.41) is 18.0. The molecule has 5 nitrogen and oxygen atoms in total. The first-order chi connectivity index (χ1) is 9.48. The largest absolute Gasteiger partial charge is 0.508 e. The lowest BCUT2D eigenvalue weighted by Gasteiger charge is -2.08. The lowest BCUT2D eigenvalue weighted by Crippen LogP contribution is -2.14. The maximum absolute atomic E-state index is 12.0. The Bertz CT molecular complexity index is 747. The van der Waals surface area contributed by atoms with Gasteiger partial charge in [0.15, 0.2) is 0 Å². The summed E-state index contributed by atoms with van der Waals surface area (Å²) >= 11 is 0. The molecule has 0 aliphatic rings. The maximum Gasteiger partial charge on any atom is 0.236 e. The molecule has 0 heterocycles. The molecule has 0 aliphatic heterocycles. The predicted molar refractivity (Wildman–Crippen MR) is 75.5 cm³/mol. The van der Waals surface area contributed by atoms with Gasteiger partial charge in [-0.2, -0.15) is 5.26 Å². The summed E-state index contributed by atoms with van der Waals surface area (Å²) < 4.78 is 26.3. The molecule has 0 saturated carbocycles. The second-order valence-corrected chi connectivity index (χ2v) is 5.94. The van der Waals surface area contributed by atoms with Crippen LogP contribution >= 0.6 is 0 Å². The number of sulfonamides is 1. The average molecular weight is 288 g/mol. The molecule has 20 heavy (non-hydrogen) atoms. The summed E-state index contributed by atoms with van der Waals surface area (Å²) in [4.78, 5) is 0. The van der Waals surface area contributed by atoms with Crippen molar-refractivity contribution in [2.24, 2.45) is 0 Å². The van der Waals surface area contributed by atoms with Crippen molar-refractivity contribution in [3.8, 4) is 11.8 Å². The van der Waals surface area contributed by atoms with Crippen molar-refractivity contribution < 1.29 is 13.5 Å². The minimum Gasteiger partial charge on any atom is -0.508 e. The number of rotatable bonds is 4. The standard InChI is InChI=1S/C14H12N2O3S/c15-9-11-4-6-12(7-5-11)10-20(18,19)16-13-2-1-3-14(17)8-13/h1-8,16-17H,10H2. The fourth-order valence-electron chi connectivity index (χ4n) is 1.68. The summed E-state index contributed by atoms with van der Waals surface area (Å²) in [6, 6.07) is 14.2. The molecule has 0 fully saturated rings. The fraction of sp³-hybridized carbons (Fsp3) is 0.0714. The number of aromatic hydroxyl groups is 1. The zero-order valence-corrected chi connectivity index (χ0v) is 11.3. The van der Waals surface area contributed by atoms with E-state index in [0.717, 1.165) is 0 Å². The van der Waals surface area contributed by atoms with E-state index in [-0.39, 0.29) is 11.5 Å². The van der Waals surface area contributed by atoms with Crippen LogP contribution in [0.2, 0.25) is 0 Å². The summed E-state index contributed by atoms with van der Waals surface area (Å²) in [5.74, 6) is -0.211. The molecule has 0 bridgehead atoms. The molecule has 0 saturated heterocycles. The molecule has 0 atom stereocenters. The Labute approximate surface area is 117 Å². The van der Waals surface area contributed by atoms with Gasteiger partial charge in [0, 0.05) is 6.07 Å². The number of phenolic OH excluding ortho intramolecular Hbond substituents is 1. The summed E-state index contributed by atoms with van der Waals surface area (Å²) in [5.41, 5.74) is 1.36. The van der Waals surface area contributed by atoms with Crippen LogP contribution in [0.4, 0.5) is 5.69 Å². The van der Waals surface area contributed by atoms with Gasteiger partial charge in [0.2, 0.25) is 10.0 Å². The molecule has 2 rings (SSSR count). The van der Waals surface area contributed by atoms with E-state index < -0.39 is 10.0 Å². The normalized spacial score (nSPS) is 10.8. The monoisotopic (exact) mass is 288 g/mol. The van der Waals surface area contributed by atoms with Gasteiger partial charge in [-0.05, 0) is 29.8 Å². The molecular formula is C14H12N2O3S. The van der Waals surface area contributed by atoms with Crippen LogP contribution < -0.4 is 4.72 Å². The lowest BCUT2D eigenvalue weighted by atomic mass is 10.2. The zero-order chi connectivity index (χ0) is 14.6. The topological polar surface area (TPSA) is 90.2 Å². The molecule has 2 aromatic carbocycles. The first-order valence-corrected chi connectivity index (χ1v) is 7.42. The van der Waals surface area contributed by atoms with E-state index in [0.29, 0.717) is 16.8 Å². The van der Waals surface area contributed by atoms with Crippen molar-refractivity contribution in [2.45, 2.75) is 5.75 Å². The van der Waals surface area contributed by atoms with Gasteiger partial charge in [-0.3, -0.25) is 4.72 Å². The minimum atomic E-state index is -3.57. The third-order valence-electron chi connectivity index (χ3n) is 2.56. The third-order valence-corrected chi connectivity index (χ3v) is 3.82. The Morgan fingerprint density at radius 1 is 1.15 bits per heavy atom. The van der Waals surface area contributed by atoms with E-state index in [2.05, 4.69) is 4.72 Å². The number of benzene rings is 2. The SMILES string of the molecule is N#Cc1ccc(CS(=O)(=O)Nc2cccc(O)c2)cc1. The quantitative estimate of drug-likeness (QED) is 0.902. The Hall–Kier alpha value is -2.52. The Morgan fingerprint density at radius 2 is 1.85 bits per heavy atom. The van der Waals surface area contributed by atoms with Gasteiger partial charge < -0.3 is 5.11 Å². The predicted octanol–water partition coefficient (Wildman–Crippen LogP) is 2.21. The number of nitrogens with zero attached hydrogens (tertiary/aromatic N) is 1. The van der Waals surface area contributed by atoms with E-state index in [4.69, 9.17) is 5.26 Å². The van der Waals surface area contributed by atoms with Crippen LogP contribution in [0, 0.1) is 11.3 Å². The number of anilines is 1. The molecule has 0 unspecified atom stereocenters. The van der Waals surface area contributed by atoms with Crippen LogP contribution in [0.5, 0.6) is 5.75 Å². The van der Waals surface area contributed by atoms with Gasteiger partial charge in [-0.1, -0.05) is 18.2 Å². The van der Waals surface area contributed by atoms with E-state index in [1.54, 1.807) is 36.4 Å². The van der Waals surface area contributed by atoms with Crippen molar-refractivity contribution in [3.05, 3.63) is 59.7 Å². The smallest absolute Gasteiger partial charge is 0.236 e. The average Bonchev–Trinajstić information content (AvgIpc) is 2.38. The number of nitriles is 1. The van der Waals surface area contributed by atoms with Crippen LogP contribution in [0.3, 0.4) is 0 Å². The molecule has 0 radical (unpaired) electrons. The Kier molecular flexibility index (Phi) is 3.91. The molecule has 102 valence electrons. The van der Waals surface area contributed by atoms with Gasteiger partial charge in [0.25, 0.3) is 0 Å². The summed E-state index contributed by atoms with van der Waals surface area (Å²) in [6.45, 7) is 0. The fourth-order valence-corrected chi connectivity index (χ4v) is 2.87. The molecular weight excluding hydrogens is 276 g/mol. The first-order valence-electron chi connectivity index (χ1n) is 5.77. The third kappa shape index (κ3) is 3.73. The summed E-state index contributed by atoms with van der Waals surface area (Å²) in [7, 11) is -3.57. The molecule has 2 aromatic rings. The second kappa shape index (κ2) is 5.63. The number of hydrogen-bond donors (Lipinski definition) is 2. The van der Waals surface area contributed by atoms with Crippen molar-refractivity contribution in [2.75, 3.05) is 4.72 Å². The lowest BCUT2D eigenvalue weighted by molar-refractivity contribution is 0.475. The maximum atomic E-state index is 12.0. The second-order valence-electron chi connectivity index (χ2n) is 4.22. The van der Waals surface area contributed by atoms with Gasteiger partial charge in [-0.25, -0.2) is 8.42 Å². The zero-order valence-electron chi connectivity index (χ0n) is 10.4. The van der Waals surface area contributed by atoms with Crippen LogP contribution in [0.1, 0.15) is 11.1 Å². The van der Waals surface area contributed by atoms with E-state index in [1.165, 1.54) is 12.1 Å². The van der Waals surface area contributed by atoms with Gasteiger partial charge in [0.05, 0.1) is 23.1 Å². The Balaban J connectivity index is 2.13. The van der Waals surface area contributed by atoms with Crippen LogP contribution in [-0.2, 0) is 15.8 Å². The van der Waals surface area contributed by atoms with Crippen molar-refractivity contribution in [1.29, 1.82) is 5.26 Å². The van der Waals surface area contributed by atoms with Crippen LogP contribution in [0.25, 0.3) is 0 Å². The van der Waals surface area contributed by atoms with E-state index in [9.17, 15) is 13.5 Å². The van der Waals surface area contributed by atoms with Crippen LogP contribution in [0.15, 0.2) is 48.5 Å². The minimum absolute atomic E-state index is 0.0106. The first kappa shape index (κ1) is 13.9. The molecule has 0 aliphatic carbocycles. The number of nitrogens with one attached hydrogen (secondary N) is 1. The van der Waals surface area contributed by atoms with Gasteiger partial charge in [-0.15, -0.1) is 0 Å². The highest BCUT2D eigenvalue weighted by Crippen LogP contribution is 2.18. The van der Waals surface area contributed by atoms with Crippen molar-refractivity contribution in [3.63, 3.8) is 0 Å². The Morgan fingerprint density at radius 3 is 2.45 bits per heavy atom. The molecule has 0 amide bonds. The molecule has 0 aromatic heterocycles. The van der Waals surface area contributed by atoms with Crippen LogP contribution in [-0.4, -0.2) is 13.5 Å².